The smallest absolute Gasteiger partial charge is 0.303 e. The summed E-state index contributed by atoms with van der Waals surface area (Å²) in [7, 11) is 1.37. The second-order valence-electron chi connectivity index (χ2n) is 4.66. The summed E-state index contributed by atoms with van der Waals surface area (Å²) in [6.07, 6.45) is -0.134. The van der Waals surface area contributed by atoms with Crippen LogP contribution in [-0.2, 0) is 9.59 Å². The molecular weight excluding hydrogens is 279 g/mol. The largest absolute Gasteiger partial charge is 0.494 e. The van der Waals surface area contributed by atoms with E-state index in [2.05, 4.69) is 5.32 Å². The molecule has 1 rings (SSSR count). The first-order valence-electron chi connectivity index (χ1n) is 6.46. The molecule has 7 heteroatoms. The van der Waals surface area contributed by atoms with Gasteiger partial charge in [-0.2, -0.15) is 0 Å². The number of carboxylic acids is 1. The van der Waals surface area contributed by atoms with Gasteiger partial charge in [0.15, 0.2) is 11.6 Å². The van der Waals surface area contributed by atoms with E-state index in [9.17, 15) is 14.0 Å². The van der Waals surface area contributed by atoms with Crippen LogP contribution in [0.2, 0.25) is 0 Å². The number of nitrogens with two attached hydrogens (primary N) is 1. The predicted octanol–water partition coefficient (Wildman–Crippen LogP) is 1.20. The minimum absolute atomic E-state index is 0.0465. The molecule has 1 aromatic rings. The number of amides is 1. The van der Waals surface area contributed by atoms with E-state index in [1.54, 1.807) is 13.0 Å². The van der Waals surface area contributed by atoms with Crippen molar-refractivity contribution in [2.24, 2.45) is 5.73 Å². The van der Waals surface area contributed by atoms with Gasteiger partial charge in [0.2, 0.25) is 5.91 Å². The summed E-state index contributed by atoms with van der Waals surface area (Å²) in [6, 6.07) is 3.01. The fourth-order valence-electron chi connectivity index (χ4n) is 1.77. The van der Waals surface area contributed by atoms with Crippen molar-refractivity contribution in [1.29, 1.82) is 0 Å². The Hall–Kier alpha value is -2.15. The number of methoxy groups -OCH3 is 1. The van der Waals surface area contributed by atoms with Gasteiger partial charge >= 0.3 is 5.97 Å². The van der Waals surface area contributed by atoms with E-state index < -0.39 is 29.8 Å². The fourth-order valence-corrected chi connectivity index (χ4v) is 1.77. The van der Waals surface area contributed by atoms with Crippen molar-refractivity contribution in [2.45, 2.75) is 31.8 Å². The van der Waals surface area contributed by atoms with Gasteiger partial charge in [0, 0.05) is 6.42 Å². The molecule has 0 aliphatic heterocycles. The Morgan fingerprint density at radius 2 is 2.14 bits per heavy atom. The number of benzene rings is 1. The van der Waals surface area contributed by atoms with E-state index in [0.29, 0.717) is 5.56 Å². The minimum atomic E-state index is -1.01. The Bertz CT molecular complexity index is 522. The highest BCUT2D eigenvalue weighted by Gasteiger charge is 2.18. The highest BCUT2D eigenvalue weighted by atomic mass is 19.1. The molecule has 1 amide bonds. The van der Waals surface area contributed by atoms with Crippen LogP contribution in [0.1, 0.15) is 31.4 Å². The van der Waals surface area contributed by atoms with Crippen LogP contribution in [0.4, 0.5) is 4.39 Å². The van der Waals surface area contributed by atoms with Gasteiger partial charge in [-0.3, -0.25) is 9.59 Å². The summed E-state index contributed by atoms with van der Waals surface area (Å²) < 4.78 is 18.4. The van der Waals surface area contributed by atoms with Gasteiger partial charge in [0.1, 0.15) is 0 Å². The third-order valence-corrected chi connectivity index (χ3v) is 3.04. The standard InChI is InChI=1S/C14H19FN2O4/c1-8(9-3-5-12(21-2)10(15)7-9)17-14(20)11(16)4-6-13(18)19/h3,5,7-8,11H,4,6,16H2,1-2H3,(H,17,20)(H,18,19). The average molecular weight is 298 g/mol. The summed E-state index contributed by atoms with van der Waals surface area (Å²) in [5.74, 6) is -1.88. The molecule has 0 bridgehead atoms. The Labute approximate surface area is 122 Å². The molecule has 0 aliphatic carbocycles. The van der Waals surface area contributed by atoms with Crippen molar-refractivity contribution in [2.75, 3.05) is 7.11 Å². The fraction of sp³-hybridized carbons (Fsp3) is 0.429. The number of carbonyl (C=O) groups is 2. The Balaban J connectivity index is 2.63. The maximum absolute atomic E-state index is 13.6. The molecule has 0 aromatic heterocycles. The summed E-state index contributed by atoms with van der Waals surface area (Å²) >= 11 is 0. The summed E-state index contributed by atoms with van der Waals surface area (Å²) in [5, 5.41) is 11.2. The Morgan fingerprint density at radius 1 is 1.48 bits per heavy atom. The van der Waals surface area contributed by atoms with Crippen LogP contribution in [0.5, 0.6) is 5.75 Å². The zero-order valence-electron chi connectivity index (χ0n) is 11.9. The normalized spacial score (nSPS) is 13.3. The molecule has 0 saturated heterocycles. The summed E-state index contributed by atoms with van der Waals surface area (Å²) in [5.41, 5.74) is 6.16. The lowest BCUT2D eigenvalue weighted by molar-refractivity contribution is -0.137. The highest BCUT2D eigenvalue weighted by molar-refractivity contribution is 5.82. The topological polar surface area (TPSA) is 102 Å². The number of nitrogens with one attached hydrogen (secondary N) is 1. The first-order chi connectivity index (χ1) is 9.85. The first-order valence-corrected chi connectivity index (χ1v) is 6.46. The number of carbonyl (C=O) groups excluding carboxylic acids is 1. The Kier molecular flexibility index (Phi) is 6.10. The zero-order chi connectivity index (χ0) is 16.0. The van der Waals surface area contributed by atoms with Gasteiger partial charge in [-0.25, -0.2) is 4.39 Å². The molecule has 2 unspecified atom stereocenters. The summed E-state index contributed by atoms with van der Waals surface area (Å²) in [4.78, 5) is 22.2. The van der Waals surface area contributed by atoms with Crippen LogP contribution >= 0.6 is 0 Å². The molecule has 21 heavy (non-hydrogen) atoms. The van der Waals surface area contributed by atoms with Gasteiger partial charge in [0.25, 0.3) is 0 Å². The highest BCUT2D eigenvalue weighted by Crippen LogP contribution is 2.21. The number of rotatable bonds is 7. The van der Waals surface area contributed by atoms with Crippen LogP contribution in [-0.4, -0.2) is 30.1 Å². The lowest BCUT2D eigenvalue weighted by atomic mass is 10.1. The zero-order valence-corrected chi connectivity index (χ0v) is 11.9. The molecule has 0 saturated carbocycles. The Morgan fingerprint density at radius 3 is 2.67 bits per heavy atom. The van der Waals surface area contributed by atoms with E-state index in [1.165, 1.54) is 19.2 Å². The number of halogens is 1. The second kappa shape index (κ2) is 7.58. The van der Waals surface area contributed by atoms with Crippen molar-refractivity contribution in [3.63, 3.8) is 0 Å². The average Bonchev–Trinajstić information content (AvgIpc) is 2.44. The first kappa shape index (κ1) is 16.9. The van der Waals surface area contributed by atoms with Crippen LogP contribution in [0.25, 0.3) is 0 Å². The van der Waals surface area contributed by atoms with Crippen molar-refractivity contribution in [3.8, 4) is 5.75 Å². The number of hydrogen-bond donors (Lipinski definition) is 3. The molecule has 4 N–H and O–H groups in total. The monoisotopic (exact) mass is 298 g/mol. The van der Waals surface area contributed by atoms with Crippen LogP contribution < -0.4 is 15.8 Å². The number of ether oxygens (including phenoxy) is 1. The van der Waals surface area contributed by atoms with E-state index in [0.717, 1.165) is 0 Å². The molecule has 0 spiro atoms. The number of carboxylic acid groups (broad SMARTS) is 1. The molecule has 0 heterocycles. The van der Waals surface area contributed by atoms with Crippen LogP contribution in [0.3, 0.4) is 0 Å². The van der Waals surface area contributed by atoms with E-state index in [1.807, 2.05) is 0 Å². The van der Waals surface area contributed by atoms with E-state index >= 15 is 0 Å². The van der Waals surface area contributed by atoms with Gasteiger partial charge in [-0.15, -0.1) is 0 Å². The van der Waals surface area contributed by atoms with Crippen LogP contribution in [0.15, 0.2) is 18.2 Å². The molecular formula is C14H19FN2O4. The number of hydrogen-bond acceptors (Lipinski definition) is 4. The van der Waals surface area contributed by atoms with Crippen molar-refractivity contribution >= 4 is 11.9 Å². The minimum Gasteiger partial charge on any atom is -0.494 e. The number of aliphatic carboxylic acids is 1. The SMILES string of the molecule is COc1ccc(C(C)NC(=O)C(N)CCC(=O)O)cc1F. The van der Waals surface area contributed by atoms with Crippen molar-refractivity contribution in [1.82, 2.24) is 5.32 Å². The maximum atomic E-state index is 13.6. The second-order valence-corrected chi connectivity index (χ2v) is 4.66. The molecule has 0 aliphatic rings. The molecule has 0 radical (unpaired) electrons. The van der Waals surface area contributed by atoms with Crippen LogP contribution in [0, 0.1) is 5.82 Å². The maximum Gasteiger partial charge on any atom is 0.303 e. The molecule has 116 valence electrons. The van der Waals surface area contributed by atoms with Crippen molar-refractivity contribution < 1.29 is 23.8 Å². The van der Waals surface area contributed by atoms with Gasteiger partial charge in [0.05, 0.1) is 19.2 Å². The molecule has 2 atom stereocenters. The lowest BCUT2D eigenvalue weighted by Gasteiger charge is -2.18. The van der Waals surface area contributed by atoms with E-state index in [4.69, 9.17) is 15.6 Å². The van der Waals surface area contributed by atoms with Crippen molar-refractivity contribution in [3.05, 3.63) is 29.6 Å². The molecule has 1 aromatic carbocycles. The van der Waals surface area contributed by atoms with Gasteiger partial charge < -0.3 is 20.9 Å². The molecule has 0 fully saturated rings. The third-order valence-electron chi connectivity index (χ3n) is 3.04. The van der Waals surface area contributed by atoms with Gasteiger partial charge in [-0.05, 0) is 31.0 Å². The van der Waals surface area contributed by atoms with E-state index in [-0.39, 0.29) is 18.6 Å². The molecule has 6 nitrogen and oxygen atoms in total. The van der Waals surface area contributed by atoms with Gasteiger partial charge in [-0.1, -0.05) is 6.07 Å². The third kappa shape index (κ3) is 5.03. The summed E-state index contributed by atoms with van der Waals surface area (Å²) in [6.45, 7) is 1.68. The predicted molar refractivity (Wildman–Crippen MR) is 74.4 cm³/mol. The quantitative estimate of drug-likeness (QED) is 0.702. The lowest BCUT2D eigenvalue weighted by Crippen LogP contribution is -2.41.